The summed E-state index contributed by atoms with van der Waals surface area (Å²) in [5.74, 6) is 0. The van der Waals surface area contributed by atoms with E-state index in [1.165, 1.54) is 18.5 Å². The van der Waals surface area contributed by atoms with Gasteiger partial charge >= 0.3 is 0 Å². The van der Waals surface area contributed by atoms with Gasteiger partial charge in [-0.05, 0) is 43.7 Å². The van der Waals surface area contributed by atoms with Crippen LogP contribution in [0.3, 0.4) is 0 Å². The number of hydrogen-bond acceptors (Lipinski definition) is 4. The Labute approximate surface area is 119 Å². The van der Waals surface area contributed by atoms with E-state index < -0.39 is 0 Å². The summed E-state index contributed by atoms with van der Waals surface area (Å²) in [6, 6.07) is 8.69. The monoisotopic (exact) mass is 271 g/mol. The number of rotatable bonds is 3. The smallest absolute Gasteiger partial charge is 0.100 e. The first-order valence-electron chi connectivity index (χ1n) is 7.17. The van der Waals surface area contributed by atoms with E-state index in [1.54, 1.807) is 0 Å². The molecular weight excluding hydrogens is 250 g/mol. The molecule has 2 aromatic rings. The van der Waals surface area contributed by atoms with E-state index in [4.69, 9.17) is 0 Å². The summed E-state index contributed by atoms with van der Waals surface area (Å²) in [7, 11) is 4.08. The molecule has 0 amide bonds. The van der Waals surface area contributed by atoms with Gasteiger partial charge in [0.25, 0.3) is 0 Å². The van der Waals surface area contributed by atoms with Gasteiger partial charge < -0.3 is 10.2 Å². The highest BCUT2D eigenvalue weighted by molar-refractivity contribution is 5.49. The Morgan fingerprint density at radius 1 is 1.20 bits per heavy atom. The molecule has 0 spiro atoms. The molecule has 1 saturated heterocycles. The van der Waals surface area contributed by atoms with Crippen molar-refractivity contribution in [3.63, 3.8) is 0 Å². The van der Waals surface area contributed by atoms with Crippen LogP contribution in [0.25, 0.3) is 5.69 Å². The van der Waals surface area contributed by atoms with Crippen molar-refractivity contribution in [2.45, 2.75) is 25.3 Å². The van der Waals surface area contributed by atoms with Crippen LogP contribution < -0.4 is 10.2 Å². The minimum atomic E-state index is 0.360. The van der Waals surface area contributed by atoms with Crippen molar-refractivity contribution < 1.29 is 0 Å². The topological polar surface area (TPSA) is 46.0 Å². The first kappa shape index (κ1) is 13.1. The maximum atomic E-state index is 4.31. The van der Waals surface area contributed by atoms with E-state index in [9.17, 15) is 0 Å². The lowest BCUT2D eigenvalue weighted by molar-refractivity contribution is 0.405. The van der Waals surface area contributed by atoms with Gasteiger partial charge in [-0.2, -0.15) is 0 Å². The Balaban J connectivity index is 1.78. The van der Waals surface area contributed by atoms with E-state index in [0.717, 1.165) is 24.3 Å². The zero-order chi connectivity index (χ0) is 13.9. The van der Waals surface area contributed by atoms with Crippen molar-refractivity contribution in [2.24, 2.45) is 0 Å². The summed E-state index contributed by atoms with van der Waals surface area (Å²) in [5, 5.41) is 12.1. The van der Waals surface area contributed by atoms with Crippen LogP contribution in [0.2, 0.25) is 0 Å². The van der Waals surface area contributed by atoms with Gasteiger partial charge in [0.15, 0.2) is 0 Å². The van der Waals surface area contributed by atoms with Crippen molar-refractivity contribution in [1.29, 1.82) is 0 Å². The first-order chi connectivity index (χ1) is 9.74. The fourth-order valence-electron chi connectivity index (χ4n) is 2.57. The van der Waals surface area contributed by atoms with Crippen molar-refractivity contribution in [1.82, 2.24) is 20.3 Å². The zero-order valence-corrected chi connectivity index (χ0v) is 12.1. The molecule has 1 aliphatic rings. The van der Waals surface area contributed by atoms with E-state index in [1.807, 2.05) is 25.0 Å². The lowest BCUT2D eigenvalue weighted by atomic mass is 10.0. The van der Waals surface area contributed by atoms with E-state index in [-0.39, 0.29) is 0 Å². The molecule has 1 unspecified atom stereocenters. The predicted octanol–water partition coefficient (Wildman–Crippen LogP) is 2.15. The predicted molar refractivity (Wildman–Crippen MR) is 80.3 cm³/mol. The summed E-state index contributed by atoms with van der Waals surface area (Å²) < 4.78 is 1.85. The van der Waals surface area contributed by atoms with Gasteiger partial charge in [-0.15, -0.1) is 5.10 Å². The maximum Gasteiger partial charge on any atom is 0.100 e. The van der Waals surface area contributed by atoms with Gasteiger partial charge in [0.1, 0.15) is 5.69 Å². The second-order valence-corrected chi connectivity index (χ2v) is 5.50. The van der Waals surface area contributed by atoms with Crippen LogP contribution in [0.15, 0.2) is 30.5 Å². The molecule has 1 N–H and O–H groups in total. The Hall–Kier alpha value is -1.88. The highest BCUT2D eigenvalue weighted by atomic mass is 15.4. The Kier molecular flexibility index (Phi) is 3.69. The van der Waals surface area contributed by atoms with Crippen molar-refractivity contribution in [3.8, 4) is 5.69 Å². The molecular formula is C15H21N5. The van der Waals surface area contributed by atoms with E-state index >= 15 is 0 Å². The molecule has 1 aromatic carbocycles. The highest BCUT2D eigenvalue weighted by Crippen LogP contribution is 2.22. The van der Waals surface area contributed by atoms with Gasteiger partial charge in [0.2, 0.25) is 0 Å². The molecule has 5 nitrogen and oxygen atoms in total. The van der Waals surface area contributed by atoms with Gasteiger partial charge in [-0.25, -0.2) is 4.68 Å². The third-order valence-corrected chi connectivity index (χ3v) is 3.81. The summed E-state index contributed by atoms with van der Waals surface area (Å²) >= 11 is 0. The molecule has 0 bridgehead atoms. The normalized spacial score (nSPS) is 19.0. The molecule has 106 valence electrons. The second-order valence-electron chi connectivity index (χ2n) is 5.50. The molecule has 1 atom stereocenters. The molecule has 1 aliphatic heterocycles. The summed E-state index contributed by atoms with van der Waals surface area (Å²) in [4.78, 5) is 2.09. The third-order valence-electron chi connectivity index (χ3n) is 3.81. The first-order valence-corrected chi connectivity index (χ1v) is 7.17. The molecule has 0 saturated carbocycles. The average molecular weight is 271 g/mol. The molecule has 2 heterocycles. The van der Waals surface area contributed by atoms with Gasteiger partial charge in [-0.3, -0.25) is 0 Å². The number of piperidine rings is 1. The summed E-state index contributed by atoms with van der Waals surface area (Å²) in [6.45, 7) is 1.08. The minimum Gasteiger partial charge on any atom is -0.378 e. The fourth-order valence-corrected chi connectivity index (χ4v) is 2.57. The Morgan fingerprint density at radius 2 is 2.00 bits per heavy atom. The van der Waals surface area contributed by atoms with Crippen LogP contribution in [-0.2, 0) is 0 Å². The van der Waals surface area contributed by atoms with Crippen molar-refractivity contribution in [2.75, 3.05) is 25.5 Å². The Bertz CT molecular complexity index is 552. The van der Waals surface area contributed by atoms with Gasteiger partial charge in [0, 0.05) is 19.8 Å². The number of nitrogens with zero attached hydrogens (tertiary/aromatic N) is 4. The van der Waals surface area contributed by atoms with Crippen LogP contribution in [-0.4, -0.2) is 35.6 Å². The lowest BCUT2D eigenvalue weighted by Gasteiger charge is -2.20. The molecule has 0 radical (unpaired) electrons. The molecule has 5 heteroatoms. The van der Waals surface area contributed by atoms with Crippen LogP contribution >= 0.6 is 0 Å². The standard InChI is InChI=1S/C15H21N5/c1-19(2)12-6-8-13(9-7-12)20-11-15(17-18-20)14-5-3-4-10-16-14/h6-9,11,14,16H,3-5,10H2,1-2H3. The maximum absolute atomic E-state index is 4.31. The molecule has 1 fully saturated rings. The number of benzene rings is 1. The van der Waals surface area contributed by atoms with Crippen LogP contribution in [0.5, 0.6) is 0 Å². The molecule has 1 aromatic heterocycles. The molecule has 20 heavy (non-hydrogen) atoms. The van der Waals surface area contributed by atoms with Crippen LogP contribution in [0.4, 0.5) is 5.69 Å². The minimum absolute atomic E-state index is 0.360. The Morgan fingerprint density at radius 3 is 2.65 bits per heavy atom. The number of anilines is 1. The largest absolute Gasteiger partial charge is 0.378 e. The number of nitrogens with one attached hydrogen (secondary N) is 1. The van der Waals surface area contributed by atoms with Crippen LogP contribution in [0.1, 0.15) is 31.0 Å². The van der Waals surface area contributed by atoms with Gasteiger partial charge in [-0.1, -0.05) is 11.6 Å². The van der Waals surface area contributed by atoms with E-state index in [0.29, 0.717) is 6.04 Å². The quantitative estimate of drug-likeness (QED) is 0.929. The van der Waals surface area contributed by atoms with Gasteiger partial charge in [0.05, 0.1) is 17.9 Å². The van der Waals surface area contributed by atoms with E-state index in [2.05, 4.69) is 44.8 Å². The average Bonchev–Trinajstić information content (AvgIpc) is 2.98. The molecule has 0 aliphatic carbocycles. The number of hydrogen-bond donors (Lipinski definition) is 1. The SMILES string of the molecule is CN(C)c1ccc(-n2cc(C3CCCCN3)nn2)cc1. The molecule has 3 rings (SSSR count). The lowest BCUT2D eigenvalue weighted by Crippen LogP contribution is -2.27. The van der Waals surface area contributed by atoms with Crippen molar-refractivity contribution >= 4 is 5.69 Å². The number of aromatic nitrogens is 3. The summed E-state index contributed by atoms with van der Waals surface area (Å²) in [5.41, 5.74) is 3.27. The fraction of sp³-hybridized carbons (Fsp3) is 0.467. The summed E-state index contributed by atoms with van der Waals surface area (Å²) in [6.07, 6.45) is 5.71. The van der Waals surface area contributed by atoms with Crippen LogP contribution in [0, 0.1) is 0 Å². The highest BCUT2D eigenvalue weighted by Gasteiger charge is 2.18. The van der Waals surface area contributed by atoms with Crippen molar-refractivity contribution in [3.05, 3.63) is 36.2 Å². The third kappa shape index (κ3) is 2.67. The zero-order valence-electron chi connectivity index (χ0n) is 12.1. The second kappa shape index (κ2) is 5.63.